The third-order valence-electron chi connectivity index (χ3n) is 4.30. The fourth-order valence-electron chi connectivity index (χ4n) is 2.87. The lowest BCUT2D eigenvalue weighted by Gasteiger charge is -2.20. The number of aryl methyl sites for hydroxylation is 1. The molecule has 2 aromatic carbocycles. The van der Waals surface area contributed by atoms with Crippen LogP contribution < -0.4 is 15.6 Å². The number of carbonyl (C=O) groups excluding carboxylic acids is 1. The fourth-order valence-corrected chi connectivity index (χ4v) is 2.87. The second kappa shape index (κ2) is 9.49. The number of nitrogens with one attached hydrogen (secondary N) is 2. The molecular formula is C22H24F3N5O3. The Morgan fingerprint density at radius 2 is 1.79 bits per heavy atom. The first-order valence-corrected chi connectivity index (χ1v) is 9.99. The first-order valence-electron chi connectivity index (χ1n) is 9.99. The summed E-state index contributed by atoms with van der Waals surface area (Å²) in [7, 11) is 0. The molecule has 1 aromatic heterocycles. The predicted octanol–water partition coefficient (Wildman–Crippen LogP) is 4.67. The van der Waals surface area contributed by atoms with Gasteiger partial charge in [-0.3, -0.25) is 5.43 Å². The van der Waals surface area contributed by atoms with E-state index in [9.17, 15) is 18.0 Å². The number of hydrogen-bond acceptors (Lipinski definition) is 6. The highest BCUT2D eigenvalue weighted by atomic mass is 19.4. The number of aromatic nitrogens is 3. The fraction of sp³-hybridized carbons (Fsp3) is 0.318. The minimum absolute atomic E-state index is 0.312. The van der Waals surface area contributed by atoms with E-state index in [1.807, 2.05) is 25.1 Å². The van der Waals surface area contributed by atoms with Gasteiger partial charge >= 0.3 is 12.5 Å². The van der Waals surface area contributed by atoms with Gasteiger partial charge in [0.2, 0.25) is 0 Å². The maximum Gasteiger partial charge on any atom is 0.573 e. The van der Waals surface area contributed by atoms with Gasteiger partial charge in [0.15, 0.2) is 5.82 Å². The van der Waals surface area contributed by atoms with E-state index in [0.717, 1.165) is 16.7 Å². The first kappa shape index (κ1) is 24.1. The molecule has 0 radical (unpaired) electrons. The van der Waals surface area contributed by atoms with Gasteiger partial charge in [-0.2, -0.15) is 0 Å². The lowest BCUT2D eigenvalue weighted by Crippen LogP contribution is -2.40. The number of nitrogens with zero attached hydrogens (tertiary/aromatic N) is 3. The molecule has 1 amide bonds. The van der Waals surface area contributed by atoms with Gasteiger partial charge in [0.1, 0.15) is 17.7 Å². The number of alkyl halides is 3. The lowest BCUT2D eigenvalue weighted by atomic mass is 10.0. The van der Waals surface area contributed by atoms with Gasteiger partial charge in [-0.1, -0.05) is 12.1 Å². The normalized spacial score (nSPS) is 11.8. The van der Waals surface area contributed by atoms with E-state index < -0.39 is 18.1 Å². The molecule has 33 heavy (non-hydrogen) atoms. The van der Waals surface area contributed by atoms with Gasteiger partial charge in [0.05, 0.1) is 5.69 Å². The standard InChI is InChI=1S/C22H24F3N5O3/c1-14-11-15(5-6-16(14)12-27-28-20(31)33-21(2,3)4)19-26-13-30(29-19)17-7-9-18(10-8-17)32-22(23,24)25/h5-11,13,27H,12H2,1-4H3,(H,28,31). The Hall–Kier alpha value is -3.60. The van der Waals surface area contributed by atoms with E-state index in [0.29, 0.717) is 18.1 Å². The highest BCUT2D eigenvalue weighted by molar-refractivity contribution is 5.67. The van der Waals surface area contributed by atoms with Gasteiger partial charge in [-0.25, -0.2) is 19.9 Å². The molecule has 0 bridgehead atoms. The molecule has 11 heteroatoms. The predicted molar refractivity (Wildman–Crippen MR) is 114 cm³/mol. The third-order valence-corrected chi connectivity index (χ3v) is 4.30. The minimum atomic E-state index is -4.74. The van der Waals surface area contributed by atoms with Crippen LogP contribution in [0.2, 0.25) is 0 Å². The van der Waals surface area contributed by atoms with Crippen LogP contribution in [0, 0.1) is 6.92 Å². The minimum Gasteiger partial charge on any atom is -0.443 e. The lowest BCUT2D eigenvalue weighted by molar-refractivity contribution is -0.274. The molecule has 176 valence electrons. The summed E-state index contributed by atoms with van der Waals surface area (Å²) in [5.74, 6) is 0.146. The van der Waals surface area contributed by atoms with Crippen LogP contribution in [0.3, 0.4) is 0 Å². The van der Waals surface area contributed by atoms with Crippen molar-refractivity contribution in [1.29, 1.82) is 0 Å². The third kappa shape index (κ3) is 7.21. The molecule has 3 aromatic rings. The number of hydrazine groups is 1. The second-order valence-corrected chi connectivity index (χ2v) is 8.18. The van der Waals surface area contributed by atoms with Crippen molar-refractivity contribution in [2.45, 2.75) is 46.2 Å². The van der Waals surface area contributed by atoms with Gasteiger partial charge in [0.25, 0.3) is 0 Å². The van der Waals surface area contributed by atoms with E-state index >= 15 is 0 Å². The highest BCUT2D eigenvalue weighted by Gasteiger charge is 2.31. The molecule has 0 unspecified atom stereocenters. The molecule has 0 aliphatic rings. The quantitative estimate of drug-likeness (QED) is 0.517. The molecule has 0 fully saturated rings. The van der Waals surface area contributed by atoms with E-state index in [1.165, 1.54) is 35.3 Å². The Balaban J connectivity index is 1.63. The molecule has 0 aliphatic heterocycles. The number of carbonyl (C=O) groups is 1. The molecule has 0 spiro atoms. The zero-order valence-electron chi connectivity index (χ0n) is 18.5. The number of amides is 1. The number of hydrogen-bond donors (Lipinski definition) is 2. The van der Waals surface area contributed by atoms with Crippen LogP contribution in [0.25, 0.3) is 17.1 Å². The Labute approximate surface area is 188 Å². The van der Waals surface area contributed by atoms with Crippen LogP contribution in [-0.4, -0.2) is 32.8 Å². The summed E-state index contributed by atoms with van der Waals surface area (Å²) >= 11 is 0. The van der Waals surface area contributed by atoms with Crippen molar-refractivity contribution in [3.05, 3.63) is 59.9 Å². The largest absolute Gasteiger partial charge is 0.573 e. The van der Waals surface area contributed by atoms with Gasteiger partial charge in [-0.05, 0) is 69.2 Å². The van der Waals surface area contributed by atoms with E-state index in [1.54, 1.807) is 20.8 Å². The summed E-state index contributed by atoms with van der Waals surface area (Å²) in [5, 5.41) is 4.40. The van der Waals surface area contributed by atoms with E-state index in [4.69, 9.17) is 4.74 Å². The summed E-state index contributed by atoms with van der Waals surface area (Å²) in [5.41, 5.74) is 7.95. The summed E-state index contributed by atoms with van der Waals surface area (Å²) in [6.07, 6.45) is -3.83. The smallest absolute Gasteiger partial charge is 0.443 e. The monoisotopic (exact) mass is 463 g/mol. The van der Waals surface area contributed by atoms with Gasteiger partial charge in [0, 0.05) is 12.1 Å². The first-order chi connectivity index (χ1) is 15.4. The van der Waals surface area contributed by atoms with Crippen LogP contribution in [0.15, 0.2) is 48.8 Å². The molecule has 0 aliphatic carbocycles. The van der Waals surface area contributed by atoms with Gasteiger partial charge in [-0.15, -0.1) is 18.3 Å². The van der Waals surface area contributed by atoms with Crippen LogP contribution in [0.1, 0.15) is 31.9 Å². The highest BCUT2D eigenvalue weighted by Crippen LogP contribution is 2.24. The van der Waals surface area contributed by atoms with Crippen LogP contribution in [0.5, 0.6) is 5.75 Å². The van der Waals surface area contributed by atoms with Crippen LogP contribution in [0.4, 0.5) is 18.0 Å². The van der Waals surface area contributed by atoms with Crippen molar-refractivity contribution >= 4 is 6.09 Å². The van der Waals surface area contributed by atoms with Crippen molar-refractivity contribution in [3.63, 3.8) is 0 Å². The summed E-state index contributed by atoms with van der Waals surface area (Å²) < 4.78 is 47.4. The Morgan fingerprint density at radius 3 is 2.39 bits per heavy atom. The number of rotatable bonds is 6. The Kier molecular flexibility index (Phi) is 6.92. The SMILES string of the molecule is Cc1cc(-c2ncn(-c3ccc(OC(F)(F)F)cc3)n2)ccc1CNNC(=O)OC(C)(C)C. The number of benzene rings is 2. The molecule has 2 N–H and O–H groups in total. The van der Waals surface area contributed by atoms with E-state index in [-0.39, 0.29) is 5.75 Å². The second-order valence-electron chi connectivity index (χ2n) is 8.18. The molecular weight excluding hydrogens is 439 g/mol. The summed E-state index contributed by atoms with van der Waals surface area (Å²) in [4.78, 5) is 16.0. The van der Waals surface area contributed by atoms with Crippen molar-refractivity contribution < 1.29 is 27.4 Å². The average molecular weight is 463 g/mol. The molecule has 1 heterocycles. The van der Waals surface area contributed by atoms with Crippen molar-refractivity contribution in [2.24, 2.45) is 0 Å². The molecule has 8 nitrogen and oxygen atoms in total. The van der Waals surface area contributed by atoms with Crippen molar-refractivity contribution in [3.8, 4) is 22.8 Å². The topological polar surface area (TPSA) is 90.3 Å². The van der Waals surface area contributed by atoms with Crippen LogP contribution in [-0.2, 0) is 11.3 Å². The maximum absolute atomic E-state index is 12.3. The zero-order valence-corrected chi connectivity index (χ0v) is 18.5. The number of halogens is 3. The Bertz CT molecular complexity index is 1110. The Morgan fingerprint density at radius 1 is 1.09 bits per heavy atom. The van der Waals surface area contributed by atoms with Crippen molar-refractivity contribution in [2.75, 3.05) is 0 Å². The molecule has 0 saturated carbocycles. The average Bonchev–Trinajstić information content (AvgIpc) is 3.17. The van der Waals surface area contributed by atoms with Gasteiger partial charge < -0.3 is 9.47 Å². The van der Waals surface area contributed by atoms with Crippen molar-refractivity contribution in [1.82, 2.24) is 25.6 Å². The maximum atomic E-state index is 12.3. The molecule has 0 saturated heterocycles. The molecule has 3 rings (SSSR count). The zero-order chi connectivity index (χ0) is 24.2. The molecule has 0 atom stereocenters. The van der Waals surface area contributed by atoms with Crippen LogP contribution >= 0.6 is 0 Å². The summed E-state index contributed by atoms with van der Waals surface area (Å²) in [6, 6.07) is 11.0. The number of ether oxygens (including phenoxy) is 2. The van der Waals surface area contributed by atoms with E-state index in [2.05, 4.69) is 25.7 Å². The summed E-state index contributed by atoms with van der Waals surface area (Å²) in [6.45, 7) is 7.65.